The maximum Gasteiger partial charge on any atom is 0.210 e. The molecule has 1 aromatic heterocycles. The first-order chi connectivity index (χ1) is 12.5. The second-order valence-corrected chi connectivity index (χ2v) is 7.04. The lowest BCUT2D eigenvalue weighted by Crippen LogP contribution is -2.11. The largest absolute Gasteiger partial charge is 0.493 e. The molecule has 0 bridgehead atoms. The molecule has 3 rings (SSSR count). The van der Waals surface area contributed by atoms with Gasteiger partial charge in [-0.25, -0.2) is 4.68 Å². The van der Waals surface area contributed by atoms with Gasteiger partial charge in [-0.15, -0.1) is 10.2 Å². The van der Waals surface area contributed by atoms with E-state index in [-0.39, 0.29) is 0 Å². The van der Waals surface area contributed by atoms with E-state index in [0.29, 0.717) is 38.3 Å². The van der Waals surface area contributed by atoms with Gasteiger partial charge in [-0.3, -0.25) is 0 Å². The molecule has 0 fully saturated rings. The zero-order valence-corrected chi connectivity index (χ0v) is 16.4. The molecule has 0 aliphatic carbocycles. The summed E-state index contributed by atoms with van der Waals surface area (Å²) in [6.07, 6.45) is 0. The summed E-state index contributed by atoms with van der Waals surface area (Å²) in [5.41, 5.74) is 1.79. The molecule has 26 heavy (non-hydrogen) atoms. The number of nitrogen functional groups attached to an aromatic ring is 1. The lowest BCUT2D eigenvalue weighted by atomic mass is 10.2. The van der Waals surface area contributed by atoms with E-state index in [0.717, 1.165) is 11.1 Å². The van der Waals surface area contributed by atoms with Crippen LogP contribution in [0.1, 0.15) is 5.56 Å². The van der Waals surface area contributed by atoms with Crippen LogP contribution < -0.4 is 15.3 Å². The lowest BCUT2D eigenvalue weighted by Gasteiger charge is -2.09. The molecule has 0 saturated carbocycles. The lowest BCUT2D eigenvalue weighted by molar-refractivity contribution is 0.355. The zero-order valence-electron chi connectivity index (χ0n) is 14.1. The average molecular weight is 411 g/mol. The Morgan fingerprint density at radius 1 is 1.00 bits per heavy atom. The molecule has 136 valence electrons. The molecule has 0 aliphatic heterocycles. The van der Waals surface area contributed by atoms with Crippen LogP contribution in [0.4, 0.5) is 0 Å². The molecule has 0 atom stereocenters. The predicted molar refractivity (Wildman–Crippen MR) is 105 cm³/mol. The fraction of sp³-hybridized carbons (Fsp3) is 0.176. The highest BCUT2D eigenvalue weighted by molar-refractivity contribution is 7.98. The SMILES string of the molecule is COc1ccc(-c2nnc(SCc3ccc(Cl)c(Cl)c3)n2N)cc1OC. The second-order valence-electron chi connectivity index (χ2n) is 5.28. The smallest absolute Gasteiger partial charge is 0.210 e. The highest BCUT2D eigenvalue weighted by Crippen LogP contribution is 2.33. The Labute approximate surface area is 165 Å². The number of hydrogen-bond acceptors (Lipinski definition) is 6. The normalized spacial score (nSPS) is 10.8. The van der Waals surface area contributed by atoms with Gasteiger partial charge in [-0.2, -0.15) is 0 Å². The maximum absolute atomic E-state index is 6.17. The van der Waals surface area contributed by atoms with E-state index in [1.807, 2.05) is 18.2 Å². The van der Waals surface area contributed by atoms with E-state index in [1.165, 1.54) is 16.4 Å². The molecule has 2 N–H and O–H groups in total. The molecule has 2 aromatic carbocycles. The third kappa shape index (κ3) is 3.85. The summed E-state index contributed by atoms with van der Waals surface area (Å²) in [5, 5.41) is 9.98. The number of nitrogens with zero attached hydrogens (tertiary/aromatic N) is 3. The topological polar surface area (TPSA) is 75.2 Å². The summed E-state index contributed by atoms with van der Waals surface area (Å²) in [4.78, 5) is 0. The third-order valence-electron chi connectivity index (χ3n) is 3.66. The van der Waals surface area contributed by atoms with Crippen molar-refractivity contribution in [3.05, 3.63) is 52.0 Å². The Balaban J connectivity index is 1.80. The number of thioether (sulfide) groups is 1. The fourth-order valence-electron chi connectivity index (χ4n) is 2.32. The van der Waals surface area contributed by atoms with Crippen molar-refractivity contribution in [3.63, 3.8) is 0 Å². The molecule has 0 amide bonds. The van der Waals surface area contributed by atoms with Gasteiger partial charge in [-0.05, 0) is 35.9 Å². The van der Waals surface area contributed by atoms with Crippen LogP contribution in [0.25, 0.3) is 11.4 Å². The highest BCUT2D eigenvalue weighted by atomic mass is 35.5. The van der Waals surface area contributed by atoms with Crippen LogP contribution in [0.5, 0.6) is 11.5 Å². The van der Waals surface area contributed by atoms with Crippen molar-refractivity contribution in [1.82, 2.24) is 14.9 Å². The number of halogens is 2. The molecule has 1 heterocycles. The Morgan fingerprint density at radius 2 is 1.77 bits per heavy atom. The average Bonchev–Trinajstić information content (AvgIpc) is 3.02. The van der Waals surface area contributed by atoms with E-state index < -0.39 is 0 Å². The first-order valence-electron chi connectivity index (χ1n) is 7.53. The summed E-state index contributed by atoms with van der Waals surface area (Å²) in [7, 11) is 3.16. The van der Waals surface area contributed by atoms with Crippen LogP contribution in [0, 0.1) is 0 Å². The van der Waals surface area contributed by atoms with E-state index in [9.17, 15) is 0 Å². The van der Waals surface area contributed by atoms with E-state index >= 15 is 0 Å². The monoisotopic (exact) mass is 410 g/mol. The molecule has 0 aliphatic rings. The summed E-state index contributed by atoms with van der Waals surface area (Å²) in [5.74, 6) is 8.56. The van der Waals surface area contributed by atoms with Gasteiger partial charge in [0.1, 0.15) is 0 Å². The van der Waals surface area contributed by atoms with E-state index in [4.69, 9.17) is 38.5 Å². The van der Waals surface area contributed by atoms with Crippen LogP contribution >= 0.6 is 35.0 Å². The van der Waals surface area contributed by atoms with Crippen molar-refractivity contribution in [2.45, 2.75) is 10.9 Å². The first-order valence-corrected chi connectivity index (χ1v) is 9.27. The number of hydrogen-bond donors (Lipinski definition) is 1. The Morgan fingerprint density at radius 3 is 2.46 bits per heavy atom. The van der Waals surface area contributed by atoms with Crippen molar-refractivity contribution < 1.29 is 9.47 Å². The number of benzene rings is 2. The quantitative estimate of drug-likeness (QED) is 0.482. The summed E-state index contributed by atoms with van der Waals surface area (Å²) in [6.45, 7) is 0. The summed E-state index contributed by atoms with van der Waals surface area (Å²) < 4.78 is 12.0. The Hall–Kier alpha value is -2.09. The molecule has 0 unspecified atom stereocenters. The van der Waals surface area contributed by atoms with Gasteiger partial charge in [-0.1, -0.05) is 41.0 Å². The molecular weight excluding hydrogens is 395 g/mol. The van der Waals surface area contributed by atoms with Crippen molar-refractivity contribution in [2.75, 3.05) is 20.1 Å². The molecule has 3 aromatic rings. The second kappa shape index (κ2) is 8.07. The molecule has 0 radical (unpaired) electrons. The van der Waals surface area contributed by atoms with Crippen molar-refractivity contribution in [2.24, 2.45) is 0 Å². The van der Waals surface area contributed by atoms with Crippen molar-refractivity contribution >= 4 is 35.0 Å². The zero-order chi connectivity index (χ0) is 18.7. The number of methoxy groups -OCH3 is 2. The van der Waals surface area contributed by atoms with Gasteiger partial charge in [0, 0.05) is 11.3 Å². The van der Waals surface area contributed by atoms with Crippen molar-refractivity contribution in [1.29, 1.82) is 0 Å². The maximum atomic E-state index is 6.17. The predicted octanol–water partition coefficient (Wildman–Crippen LogP) is 4.28. The minimum atomic E-state index is 0.519. The molecule has 0 spiro atoms. The van der Waals surface area contributed by atoms with E-state index in [2.05, 4.69) is 10.2 Å². The van der Waals surface area contributed by atoms with Gasteiger partial charge < -0.3 is 15.3 Å². The van der Waals surface area contributed by atoms with Crippen LogP contribution in [-0.4, -0.2) is 29.1 Å². The number of ether oxygens (including phenoxy) is 2. The third-order valence-corrected chi connectivity index (χ3v) is 5.41. The van der Waals surface area contributed by atoms with E-state index in [1.54, 1.807) is 32.4 Å². The number of nitrogens with two attached hydrogens (primary N) is 1. The Bertz CT molecular complexity index is 933. The van der Waals surface area contributed by atoms with Gasteiger partial charge >= 0.3 is 0 Å². The minimum Gasteiger partial charge on any atom is -0.493 e. The molecular formula is C17H16Cl2N4O2S. The Kier molecular flexibility index (Phi) is 5.80. The minimum absolute atomic E-state index is 0.519. The van der Waals surface area contributed by atoms with Crippen LogP contribution in [0.15, 0.2) is 41.6 Å². The number of aromatic nitrogens is 3. The molecule has 9 heteroatoms. The highest BCUT2D eigenvalue weighted by Gasteiger charge is 2.15. The van der Waals surface area contributed by atoms with Crippen molar-refractivity contribution in [3.8, 4) is 22.9 Å². The molecule has 0 saturated heterocycles. The van der Waals surface area contributed by atoms with Crippen LogP contribution in [0.2, 0.25) is 10.0 Å². The number of rotatable bonds is 6. The first kappa shape index (κ1) is 18.7. The van der Waals surface area contributed by atoms with Crippen LogP contribution in [-0.2, 0) is 5.75 Å². The van der Waals surface area contributed by atoms with Gasteiger partial charge in [0.2, 0.25) is 5.16 Å². The summed E-state index contributed by atoms with van der Waals surface area (Å²) in [6, 6.07) is 11.0. The fourth-order valence-corrected chi connectivity index (χ4v) is 3.45. The van der Waals surface area contributed by atoms with Gasteiger partial charge in [0.15, 0.2) is 17.3 Å². The summed E-state index contributed by atoms with van der Waals surface area (Å²) >= 11 is 13.4. The van der Waals surface area contributed by atoms with Gasteiger partial charge in [0.25, 0.3) is 0 Å². The van der Waals surface area contributed by atoms with Crippen LogP contribution in [0.3, 0.4) is 0 Å². The molecule has 6 nitrogen and oxygen atoms in total. The standard InChI is InChI=1S/C17H16Cl2N4O2S/c1-24-14-6-4-11(8-15(14)25-2)16-21-22-17(23(16)20)26-9-10-3-5-12(18)13(19)7-10/h3-8H,9,20H2,1-2H3. The van der Waals surface area contributed by atoms with Gasteiger partial charge in [0.05, 0.1) is 24.3 Å².